The maximum absolute atomic E-state index is 13.2. The van der Waals surface area contributed by atoms with Gasteiger partial charge in [0.25, 0.3) is 0 Å². The molecule has 0 aromatic heterocycles. The Morgan fingerprint density at radius 2 is 0.723 bits per heavy atom. The van der Waals surface area contributed by atoms with Gasteiger partial charge in [-0.25, -0.2) is 4.79 Å². The number of allylic oxidation sites excluding steroid dienone is 24. The minimum absolute atomic E-state index is 0.00935. The van der Waals surface area contributed by atoms with E-state index in [4.69, 9.17) is 23.7 Å². The predicted molar refractivity (Wildman–Crippen MR) is 339 cm³/mol. The van der Waals surface area contributed by atoms with Crippen molar-refractivity contribution in [2.45, 2.75) is 263 Å². The van der Waals surface area contributed by atoms with E-state index in [1.165, 1.54) is 0 Å². The van der Waals surface area contributed by atoms with Gasteiger partial charge in [-0.15, -0.1) is 0 Å². The van der Waals surface area contributed by atoms with E-state index in [0.29, 0.717) is 19.3 Å². The van der Waals surface area contributed by atoms with E-state index in [1.807, 2.05) is 0 Å². The van der Waals surface area contributed by atoms with Crippen LogP contribution in [0.5, 0.6) is 0 Å². The van der Waals surface area contributed by atoms with Gasteiger partial charge in [-0.05, 0) is 135 Å². The lowest BCUT2D eigenvalue weighted by Crippen LogP contribution is -2.61. The molecule has 0 aromatic carbocycles. The molecule has 12 nitrogen and oxygen atoms in total. The van der Waals surface area contributed by atoms with Crippen LogP contribution in [-0.2, 0) is 42.9 Å². The fraction of sp³-hybridized carbons (Fsp3) is 0.606. The normalized spacial score (nSPS) is 18.6. The number of carboxylic acid groups (broad SMARTS) is 1. The highest BCUT2D eigenvalue weighted by molar-refractivity contribution is 5.74. The number of rotatable bonds is 52. The first-order valence-corrected chi connectivity index (χ1v) is 31.8. The Balaban J connectivity index is 2.71. The molecule has 0 saturated carbocycles. The number of ether oxygens (including phenoxy) is 5. The lowest BCUT2D eigenvalue weighted by molar-refractivity contribution is -0.301. The number of unbranched alkanes of at least 4 members (excludes halogenated alkanes) is 14. The van der Waals surface area contributed by atoms with Crippen LogP contribution in [0.3, 0.4) is 0 Å². The van der Waals surface area contributed by atoms with Crippen LogP contribution >= 0.6 is 0 Å². The molecule has 0 amide bonds. The summed E-state index contributed by atoms with van der Waals surface area (Å²) < 4.78 is 28.5. The third kappa shape index (κ3) is 46.6. The zero-order chi connectivity index (χ0) is 60.3. The number of hydrogen-bond donors (Lipinski definition) is 3. The van der Waals surface area contributed by atoms with Crippen molar-refractivity contribution in [3.63, 3.8) is 0 Å². The number of aliphatic hydroxyl groups excluding tert-OH is 2. The zero-order valence-electron chi connectivity index (χ0n) is 51.4. The molecule has 6 unspecified atom stereocenters. The molecular formula is C71H110O12. The number of aliphatic carboxylic acids is 1. The molecule has 466 valence electrons. The first kappa shape index (κ1) is 75.6. The van der Waals surface area contributed by atoms with Gasteiger partial charge in [-0.2, -0.15) is 0 Å². The second-order valence-electron chi connectivity index (χ2n) is 20.9. The molecule has 0 aromatic rings. The molecule has 1 heterocycles. The predicted octanol–water partition coefficient (Wildman–Crippen LogP) is 17.1. The van der Waals surface area contributed by atoms with Crippen LogP contribution in [0.25, 0.3) is 0 Å². The maximum Gasteiger partial charge on any atom is 0.335 e. The number of carbonyl (C=O) groups excluding carboxylic acids is 3. The van der Waals surface area contributed by atoms with Crippen molar-refractivity contribution in [2.24, 2.45) is 0 Å². The van der Waals surface area contributed by atoms with Gasteiger partial charge in [-0.3, -0.25) is 14.4 Å². The first-order chi connectivity index (χ1) is 40.6. The van der Waals surface area contributed by atoms with Crippen LogP contribution in [-0.4, -0.2) is 89.2 Å². The van der Waals surface area contributed by atoms with E-state index < -0.39 is 67.3 Å². The molecule has 3 N–H and O–H groups in total. The third-order valence-electron chi connectivity index (χ3n) is 13.4. The Morgan fingerprint density at radius 3 is 1.11 bits per heavy atom. The van der Waals surface area contributed by atoms with E-state index >= 15 is 0 Å². The highest BCUT2D eigenvalue weighted by Gasteiger charge is 2.50. The summed E-state index contributed by atoms with van der Waals surface area (Å²) in [5.74, 6) is -3.22. The fourth-order valence-electron chi connectivity index (χ4n) is 8.63. The highest BCUT2D eigenvalue weighted by Crippen LogP contribution is 2.26. The van der Waals surface area contributed by atoms with Crippen molar-refractivity contribution in [3.8, 4) is 0 Å². The molecule has 0 spiro atoms. The standard InChI is InChI=1S/C71H110O12/c1-4-7-10-13-16-19-22-25-28-30-32-34-37-39-42-45-48-51-54-57-63(72)79-60-62(81-64(73)58-55-52-49-46-43-40-36-27-24-21-18-15-12-9-6-3)61-80-71-69(67(76)66(75)68(83-71)70(77)78)82-65(74)59-56-53-50-47-44-41-38-35-33-31-29-26-23-20-17-14-11-8-5-2/h7-12,16-21,25-29,32-36,41,44,62,66-69,71,75-76H,4-6,13-15,22-24,30-31,37-40,42-43,45-61H2,1-3H3,(H,77,78)/b10-7-,11-8-,12-9-,19-16-,20-17-,21-18-,28-25-,29-26-,34-32-,35-33-,36-27-,44-41-. The molecule has 0 bridgehead atoms. The molecule has 83 heavy (non-hydrogen) atoms. The topological polar surface area (TPSA) is 175 Å². The largest absolute Gasteiger partial charge is 0.479 e. The minimum Gasteiger partial charge on any atom is -0.479 e. The summed E-state index contributed by atoms with van der Waals surface area (Å²) in [6.07, 6.45) is 69.4. The van der Waals surface area contributed by atoms with Gasteiger partial charge in [0.15, 0.2) is 24.6 Å². The molecule has 1 saturated heterocycles. The highest BCUT2D eigenvalue weighted by atomic mass is 16.7. The average Bonchev–Trinajstić information content (AvgIpc) is 3.60. The van der Waals surface area contributed by atoms with Crippen molar-refractivity contribution in [1.29, 1.82) is 0 Å². The number of esters is 3. The Kier molecular flexibility index (Phi) is 52.0. The molecule has 12 heteroatoms. The van der Waals surface area contributed by atoms with E-state index in [-0.39, 0.29) is 25.9 Å². The lowest BCUT2D eigenvalue weighted by atomic mass is 9.98. The molecule has 1 aliphatic heterocycles. The fourth-order valence-corrected chi connectivity index (χ4v) is 8.63. The van der Waals surface area contributed by atoms with E-state index in [1.54, 1.807) is 0 Å². The third-order valence-corrected chi connectivity index (χ3v) is 13.4. The second kappa shape index (κ2) is 57.1. The Morgan fingerprint density at radius 1 is 0.398 bits per heavy atom. The SMILES string of the molecule is CC/C=C\C/C=C\C/C=C\C/C=C\C/C=C\CCCCCC(=O)OC1C(OCC(COC(=O)CCCCCCCC/C=C\C/C=C\C/C=C\C/C=C\CC)OC(=O)CCCCCCC/C=C\C/C=C\C/C=C\CC)OC(C(=O)O)C(O)C1O. The van der Waals surface area contributed by atoms with Gasteiger partial charge in [0.2, 0.25) is 0 Å². The monoisotopic (exact) mass is 1150 g/mol. The molecule has 0 radical (unpaired) electrons. The Hall–Kier alpha value is -5.40. The van der Waals surface area contributed by atoms with Gasteiger partial charge in [0, 0.05) is 19.3 Å². The molecule has 1 fully saturated rings. The summed E-state index contributed by atoms with van der Waals surface area (Å²) in [6.45, 7) is 5.61. The summed E-state index contributed by atoms with van der Waals surface area (Å²) in [4.78, 5) is 51.3. The smallest absolute Gasteiger partial charge is 0.335 e. The van der Waals surface area contributed by atoms with Gasteiger partial charge >= 0.3 is 23.9 Å². The van der Waals surface area contributed by atoms with Crippen LogP contribution in [0.2, 0.25) is 0 Å². The van der Waals surface area contributed by atoms with Crippen LogP contribution < -0.4 is 0 Å². The molecule has 0 aliphatic carbocycles. The Bertz CT molecular complexity index is 2000. The van der Waals surface area contributed by atoms with Gasteiger partial charge < -0.3 is 39.0 Å². The zero-order valence-corrected chi connectivity index (χ0v) is 51.4. The summed E-state index contributed by atoms with van der Waals surface area (Å²) in [6, 6.07) is 0. The van der Waals surface area contributed by atoms with Gasteiger partial charge in [0.1, 0.15) is 18.8 Å². The summed E-state index contributed by atoms with van der Waals surface area (Å²) in [5, 5.41) is 31.6. The number of aliphatic hydroxyl groups is 2. The maximum atomic E-state index is 13.2. The molecule has 1 aliphatic rings. The first-order valence-electron chi connectivity index (χ1n) is 31.8. The lowest BCUT2D eigenvalue weighted by Gasteiger charge is -2.40. The molecule has 1 rings (SSSR count). The van der Waals surface area contributed by atoms with Crippen LogP contribution in [0.15, 0.2) is 146 Å². The Labute approximate surface area is 502 Å². The van der Waals surface area contributed by atoms with Gasteiger partial charge in [0.05, 0.1) is 6.61 Å². The van der Waals surface area contributed by atoms with E-state index in [9.17, 15) is 34.5 Å². The minimum atomic E-state index is -1.93. The van der Waals surface area contributed by atoms with Crippen molar-refractivity contribution < 1.29 is 58.2 Å². The molecular weight excluding hydrogens is 1040 g/mol. The summed E-state index contributed by atoms with van der Waals surface area (Å²) >= 11 is 0. The summed E-state index contributed by atoms with van der Waals surface area (Å²) in [7, 11) is 0. The van der Waals surface area contributed by atoms with Crippen molar-refractivity contribution in [1.82, 2.24) is 0 Å². The van der Waals surface area contributed by atoms with E-state index in [0.717, 1.165) is 167 Å². The van der Waals surface area contributed by atoms with Crippen LogP contribution in [0.4, 0.5) is 0 Å². The second-order valence-corrected chi connectivity index (χ2v) is 20.9. The van der Waals surface area contributed by atoms with Crippen LogP contribution in [0, 0.1) is 0 Å². The number of hydrogen-bond acceptors (Lipinski definition) is 11. The number of carboxylic acids is 1. The van der Waals surface area contributed by atoms with Crippen molar-refractivity contribution >= 4 is 23.9 Å². The molecule has 6 atom stereocenters. The van der Waals surface area contributed by atoms with Gasteiger partial charge in [-0.1, -0.05) is 218 Å². The quantitative estimate of drug-likeness (QED) is 0.0228. The average molecular weight is 1160 g/mol. The van der Waals surface area contributed by atoms with Crippen molar-refractivity contribution in [2.75, 3.05) is 13.2 Å². The van der Waals surface area contributed by atoms with E-state index in [2.05, 4.69) is 167 Å². The summed E-state index contributed by atoms with van der Waals surface area (Å²) in [5.41, 5.74) is 0. The number of carbonyl (C=O) groups is 4. The van der Waals surface area contributed by atoms with Crippen molar-refractivity contribution in [3.05, 3.63) is 146 Å². The van der Waals surface area contributed by atoms with Crippen LogP contribution in [0.1, 0.15) is 226 Å².